The molecule has 0 aromatic heterocycles. The molecule has 2 fully saturated rings. The van der Waals surface area contributed by atoms with Crippen LogP contribution < -0.4 is 5.32 Å². The van der Waals surface area contributed by atoms with Crippen LogP contribution in [0.4, 0.5) is 0 Å². The van der Waals surface area contributed by atoms with E-state index in [4.69, 9.17) is 11.2 Å². The summed E-state index contributed by atoms with van der Waals surface area (Å²) in [5.74, 6) is 3.40. The number of piperidine rings is 1. The first kappa shape index (κ1) is 14.4. The number of ether oxygens (including phenoxy) is 1. The van der Waals surface area contributed by atoms with E-state index in [1.807, 2.05) is 4.90 Å². The van der Waals surface area contributed by atoms with Crippen LogP contribution in [0.15, 0.2) is 0 Å². The lowest BCUT2D eigenvalue weighted by Crippen LogP contribution is -2.35. The molecule has 0 unspecified atom stereocenters. The maximum Gasteiger partial charge on any atom is 0.225 e. The Morgan fingerprint density at radius 1 is 1.32 bits per heavy atom. The summed E-state index contributed by atoms with van der Waals surface area (Å²) in [6, 6.07) is 0. The molecular formula is C15H24N2O2. The number of nitrogens with one attached hydrogen (secondary N) is 1. The fourth-order valence-electron chi connectivity index (χ4n) is 2.41. The van der Waals surface area contributed by atoms with Gasteiger partial charge in [-0.3, -0.25) is 4.79 Å². The minimum atomic E-state index is 0.138. The van der Waals surface area contributed by atoms with Crippen molar-refractivity contribution in [1.82, 2.24) is 10.2 Å². The molecule has 0 atom stereocenters. The first-order valence-corrected chi connectivity index (χ1v) is 7.33. The number of hydrogen-bond donors (Lipinski definition) is 1. The third-order valence-electron chi connectivity index (χ3n) is 3.77. The van der Waals surface area contributed by atoms with Gasteiger partial charge in [-0.25, -0.2) is 0 Å². The van der Waals surface area contributed by atoms with Crippen LogP contribution in [-0.4, -0.2) is 49.7 Å². The first-order valence-electron chi connectivity index (χ1n) is 7.33. The zero-order valence-corrected chi connectivity index (χ0v) is 11.6. The molecule has 0 aromatic carbocycles. The summed E-state index contributed by atoms with van der Waals surface area (Å²) >= 11 is 0. The van der Waals surface area contributed by atoms with Gasteiger partial charge in [-0.15, -0.1) is 6.42 Å². The van der Waals surface area contributed by atoms with E-state index in [0.717, 1.165) is 32.5 Å². The minimum absolute atomic E-state index is 0.138. The molecule has 106 valence electrons. The van der Waals surface area contributed by atoms with Gasteiger partial charge in [-0.05, 0) is 44.7 Å². The van der Waals surface area contributed by atoms with Crippen molar-refractivity contribution in [2.24, 2.45) is 5.92 Å². The highest BCUT2D eigenvalue weighted by Crippen LogP contribution is 2.29. The third kappa shape index (κ3) is 5.22. The summed E-state index contributed by atoms with van der Waals surface area (Å²) in [7, 11) is 0. The van der Waals surface area contributed by atoms with Gasteiger partial charge < -0.3 is 15.0 Å². The number of amides is 1. The van der Waals surface area contributed by atoms with E-state index in [2.05, 4.69) is 11.2 Å². The summed E-state index contributed by atoms with van der Waals surface area (Å²) in [6.07, 6.45) is 10.7. The molecule has 1 saturated heterocycles. The van der Waals surface area contributed by atoms with Crippen LogP contribution in [0.2, 0.25) is 0 Å². The molecule has 0 bridgehead atoms. The molecule has 0 spiro atoms. The molecule has 1 aliphatic carbocycles. The quantitative estimate of drug-likeness (QED) is 0.698. The van der Waals surface area contributed by atoms with Crippen molar-refractivity contribution in [3.8, 4) is 12.3 Å². The van der Waals surface area contributed by atoms with E-state index in [-0.39, 0.29) is 5.91 Å². The molecule has 4 nitrogen and oxygen atoms in total. The Kier molecular flexibility index (Phi) is 5.68. The van der Waals surface area contributed by atoms with E-state index in [0.29, 0.717) is 31.6 Å². The SMILES string of the molecule is C#CCN(CC1CC1)C(=O)CCOC1CCNCC1. The summed E-state index contributed by atoms with van der Waals surface area (Å²) in [5.41, 5.74) is 0. The zero-order valence-electron chi connectivity index (χ0n) is 11.6. The number of hydrogen-bond acceptors (Lipinski definition) is 3. The predicted molar refractivity (Wildman–Crippen MR) is 74.6 cm³/mol. The summed E-state index contributed by atoms with van der Waals surface area (Å²) in [4.78, 5) is 13.9. The van der Waals surface area contributed by atoms with Crippen molar-refractivity contribution in [3.63, 3.8) is 0 Å². The molecule has 2 aliphatic rings. The maximum absolute atomic E-state index is 12.1. The lowest BCUT2D eigenvalue weighted by Gasteiger charge is -2.24. The standard InChI is InChI=1S/C15H24N2O2/c1-2-10-17(12-13-3-4-13)15(18)7-11-19-14-5-8-16-9-6-14/h1,13-14,16H,3-12H2. The van der Waals surface area contributed by atoms with E-state index >= 15 is 0 Å². The van der Waals surface area contributed by atoms with Gasteiger partial charge in [-0.2, -0.15) is 0 Å². The highest BCUT2D eigenvalue weighted by Gasteiger charge is 2.26. The van der Waals surface area contributed by atoms with Gasteiger partial charge in [0.1, 0.15) is 0 Å². The van der Waals surface area contributed by atoms with E-state index in [1.165, 1.54) is 12.8 Å². The van der Waals surface area contributed by atoms with Gasteiger partial charge in [0.15, 0.2) is 0 Å². The van der Waals surface area contributed by atoms with Crippen molar-refractivity contribution in [2.45, 2.75) is 38.2 Å². The molecule has 1 amide bonds. The van der Waals surface area contributed by atoms with Gasteiger partial charge in [0.05, 0.1) is 25.7 Å². The summed E-state index contributed by atoms with van der Waals surface area (Å²) in [6.45, 7) is 3.82. The Labute approximate surface area is 115 Å². The van der Waals surface area contributed by atoms with Crippen molar-refractivity contribution in [2.75, 3.05) is 32.8 Å². The van der Waals surface area contributed by atoms with E-state index < -0.39 is 0 Å². The molecule has 1 aliphatic heterocycles. The fourth-order valence-corrected chi connectivity index (χ4v) is 2.41. The molecule has 19 heavy (non-hydrogen) atoms. The highest BCUT2D eigenvalue weighted by atomic mass is 16.5. The molecule has 4 heteroatoms. The largest absolute Gasteiger partial charge is 0.378 e. The van der Waals surface area contributed by atoms with Gasteiger partial charge in [0.2, 0.25) is 5.91 Å². The Morgan fingerprint density at radius 3 is 2.68 bits per heavy atom. The Balaban J connectivity index is 1.64. The topological polar surface area (TPSA) is 41.6 Å². The van der Waals surface area contributed by atoms with Crippen LogP contribution >= 0.6 is 0 Å². The molecular weight excluding hydrogens is 240 g/mol. The van der Waals surface area contributed by atoms with E-state index in [1.54, 1.807) is 0 Å². The second-order valence-corrected chi connectivity index (χ2v) is 5.49. The number of carbonyl (C=O) groups excluding carboxylic acids is 1. The average molecular weight is 264 g/mol. The van der Waals surface area contributed by atoms with Crippen molar-refractivity contribution in [1.29, 1.82) is 0 Å². The maximum atomic E-state index is 12.1. The minimum Gasteiger partial charge on any atom is -0.378 e. The highest BCUT2D eigenvalue weighted by molar-refractivity contribution is 5.76. The van der Waals surface area contributed by atoms with Crippen LogP contribution in [0, 0.1) is 18.3 Å². The first-order chi connectivity index (χ1) is 9.29. The number of rotatable bonds is 7. The van der Waals surface area contributed by atoms with Crippen LogP contribution in [-0.2, 0) is 9.53 Å². The van der Waals surface area contributed by atoms with Gasteiger partial charge >= 0.3 is 0 Å². The molecule has 1 saturated carbocycles. The molecule has 1 N–H and O–H groups in total. The molecule has 2 rings (SSSR count). The number of terminal acetylenes is 1. The van der Waals surface area contributed by atoms with Crippen molar-refractivity contribution >= 4 is 5.91 Å². The Bertz CT molecular complexity index is 328. The van der Waals surface area contributed by atoms with Crippen LogP contribution in [0.1, 0.15) is 32.1 Å². The number of nitrogens with zero attached hydrogens (tertiary/aromatic N) is 1. The fraction of sp³-hybridized carbons (Fsp3) is 0.800. The average Bonchev–Trinajstić information content (AvgIpc) is 3.23. The van der Waals surface area contributed by atoms with Crippen molar-refractivity contribution in [3.05, 3.63) is 0 Å². The lowest BCUT2D eigenvalue weighted by molar-refractivity contribution is -0.132. The second kappa shape index (κ2) is 7.52. The van der Waals surface area contributed by atoms with E-state index in [9.17, 15) is 4.79 Å². The molecule has 0 radical (unpaired) electrons. The van der Waals surface area contributed by atoms with Gasteiger partial charge in [0.25, 0.3) is 0 Å². The van der Waals surface area contributed by atoms with Crippen LogP contribution in [0.25, 0.3) is 0 Å². The van der Waals surface area contributed by atoms with Gasteiger partial charge in [-0.1, -0.05) is 5.92 Å². The smallest absolute Gasteiger partial charge is 0.225 e. The third-order valence-corrected chi connectivity index (χ3v) is 3.77. The van der Waals surface area contributed by atoms with Gasteiger partial charge in [0, 0.05) is 6.54 Å². The van der Waals surface area contributed by atoms with Crippen molar-refractivity contribution < 1.29 is 9.53 Å². The lowest BCUT2D eigenvalue weighted by atomic mass is 10.1. The summed E-state index contributed by atoms with van der Waals surface area (Å²) in [5, 5.41) is 3.30. The predicted octanol–water partition coefficient (Wildman–Crippen LogP) is 1.02. The van der Waals surface area contributed by atoms with Crippen LogP contribution in [0.3, 0.4) is 0 Å². The second-order valence-electron chi connectivity index (χ2n) is 5.49. The van der Waals surface area contributed by atoms with Crippen LogP contribution in [0.5, 0.6) is 0 Å². The monoisotopic (exact) mass is 264 g/mol. The normalized spacial score (nSPS) is 19.9. The zero-order chi connectivity index (χ0) is 13.5. The molecule has 0 aromatic rings. The summed E-state index contributed by atoms with van der Waals surface area (Å²) < 4.78 is 5.76. The Hall–Kier alpha value is -1.05. The number of carbonyl (C=O) groups is 1. The molecule has 1 heterocycles. The Morgan fingerprint density at radius 2 is 2.05 bits per heavy atom.